The average Bonchev–Trinajstić information content (AvgIpc) is 3.17. The first kappa shape index (κ1) is 19.5. The summed E-state index contributed by atoms with van der Waals surface area (Å²) in [6.45, 7) is 8.05. The van der Waals surface area contributed by atoms with Gasteiger partial charge in [-0.3, -0.25) is 0 Å². The van der Waals surface area contributed by atoms with Crippen LogP contribution in [0.3, 0.4) is 0 Å². The van der Waals surface area contributed by atoms with Gasteiger partial charge in [-0.1, -0.05) is 12.1 Å². The number of aromatic amines is 1. The molecular weight excluding hydrogens is 390 g/mol. The lowest BCUT2D eigenvalue weighted by Crippen LogP contribution is -2.47. The zero-order valence-corrected chi connectivity index (χ0v) is 18.4. The zero-order chi connectivity index (χ0) is 21.5. The number of rotatable bonds is 4. The number of methoxy groups -OCH3 is 2. The fraction of sp³-hybridized carbons (Fsp3) is 0.333. The SMILES string of the molecule is COc1cc2[nH]c3c(N4CCN(c5cc(C)ccc5C)CC4)ncnc3c2cc1OC. The van der Waals surface area contributed by atoms with Crippen LogP contribution < -0.4 is 19.3 Å². The van der Waals surface area contributed by atoms with E-state index in [4.69, 9.17) is 9.47 Å². The minimum Gasteiger partial charge on any atom is -0.493 e. The number of aryl methyl sites for hydroxylation is 2. The first-order chi connectivity index (χ1) is 15.1. The second-order valence-electron chi connectivity index (χ2n) is 8.06. The molecule has 1 saturated heterocycles. The van der Waals surface area contributed by atoms with Crippen LogP contribution in [0.5, 0.6) is 11.5 Å². The van der Waals surface area contributed by atoms with E-state index in [1.165, 1.54) is 16.8 Å². The molecule has 4 aromatic rings. The van der Waals surface area contributed by atoms with Crippen LogP contribution in [0, 0.1) is 13.8 Å². The van der Waals surface area contributed by atoms with E-state index in [9.17, 15) is 0 Å². The molecular formula is C24H27N5O2. The van der Waals surface area contributed by atoms with Crippen LogP contribution in [0.1, 0.15) is 11.1 Å². The van der Waals surface area contributed by atoms with E-state index < -0.39 is 0 Å². The molecule has 2 aromatic carbocycles. The maximum atomic E-state index is 5.48. The van der Waals surface area contributed by atoms with Gasteiger partial charge >= 0.3 is 0 Å². The topological polar surface area (TPSA) is 66.5 Å². The normalized spacial score (nSPS) is 14.5. The largest absolute Gasteiger partial charge is 0.493 e. The molecule has 0 atom stereocenters. The maximum absolute atomic E-state index is 5.48. The van der Waals surface area contributed by atoms with Crippen molar-refractivity contribution in [2.75, 3.05) is 50.2 Å². The summed E-state index contributed by atoms with van der Waals surface area (Å²) in [5.74, 6) is 2.33. The Labute approximate surface area is 181 Å². The van der Waals surface area contributed by atoms with Gasteiger partial charge in [-0.2, -0.15) is 0 Å². The Kier molecular flexibility index (Phi) is 4.81. The van der Waals surface area contributed by atoms with Crippen molar-refractivity contribution >= 4 is 33.4 Å². The average molecular weight is 418 g/mol. The van der Waals surface area contributed by atoms with Gasteiger partial charge in [0.2, 0.25) is 0 Å². The van der Waals surface area contributed by atoms with Gasteiger partial charge in [0, 0.05) is 43.3 Å². The first-order valence-corrected chi connectivity index (χ1v) is 10.5. The molecule has 0 amide bonds. The molecule has 1 aliphatic heterocycles. The third kappa shape index (κ3) is 3.30. The molecule has 7 heteroatoms. The predicted molar refractivity (Wildman–Crippen MR) is 125 cm³/mol. The Morgan fingerprint density at radius 3 is 2.32 bits per heavy atom. The highest BCUT2D eigenvalue weighted by Gasteiger charge is 2.23. The van der Waals surface area contributed by atoms with Crippen molar-refractivity contribution in [3.63, 3.8) is 0 Å². The van der Waals surface area contributed by atoms with Crippen LogP contribution in [0.15, 0.2) is 36.7 Å². The third-order valence-electron chi connectivity index (χ3n) is 6.15. The highest BCUT2D eigenvalue weighted by atomic mass is 16.5. The zero-order valence-electron chi connectivity index (χ0n) is 18.4. The molecule has 7 nitrogen and oxygen atoms in total. The number of benzene rings is 2. The Hall–Kier alpha value is -3.48. The number of hydrogen-bond donors (Lipinski definition) is 1. The highest BCUT2D eigenvalue weighted by Crippen LogP contribution is 2.37. The van der Waals surface area contributed by atoms with E-state index in [-0.39, 0.29) is 0 Å². The summed E-state index contributed by atoms with van der Waals surface area (Å²) in [5, 5.41) is 1.00. The third-order valence-corrected chi connectivity index (χ3v) is 6.15. The summed E-state index contributed by atoms with van der Waals surface area (Å²) >= 11 is 0. The molecule has 1 aliphatic rings. The molecule has 160 valence electrons. The van der Waals surface area contributed by atoms with Crippen LogP contribution in [-0.2, 0) is 0 Å². The van der Waals surface area contributed by atoms with Gasteiger partial charge in [0.1, 0.15) is 17.4 Å². The summed E-state index contributed by atoms with van der Waals surface area (Å²) in [6, 6.07) is 10.6. The van der Waals surface area contributed by atoms with Crippen LogP contribution in [0.4, 0.5) is 11.5 Å². The molecule has 5 rings (SSSR count). The number of piperazine rings is 1. The molecule has 0 unspecified atom stereocenters. The second-order valence-corrected chi connectivity index (χ2v) is 8.06. The number of nitrogens with zero attached hydrogens (tertiary/aromatic N) is 4. The van der Waals surface area contributed by atoms with Gasteiger partial charge in [0.15, 0.2) is 17.3 Å². The lowest BCUT2D eigenvalue weighted by atomic mass is 10.1. The number of nitrogens with one attached hydrogen (secondary N) is 1. The number of fused-ring (bicyclic) bond motifs is 3. The molecule has 0 spiro atoms. The summed E-state index contributed by atoms with van der Waals surface area (Å²) < 4.78 is 10.9. The van der Waals surface area contributed by atoms with Gasteiger partial charge in [0.05, 0.1) is 19.7 Å². The van der Waals surface area contributed by atoms with E-state index in [2.05, 4.69) is 56.8 Å². The summed E-state index contributed by atoms with van der Waals surface area (Å²) in [6.07, 6.45) is 1.65. The highest BCUT2D eigenvalue weighted by molar-refractivity contribution is 6.09. The molecule has 1 N–H and O–H groups in total. The van der Waals surface area contributed by atoms with Gasteiger partial charge in [-0.15, -0.1) is 0 Å². The fourth-order valence-corrected chi connectivity index (χ4v) is 4.47. The van der Waals surface area contributed by atoms with Crippen LogP contribution in [-0.4, -0.2) is 55.4 Å². The Bertz CT molecular complexity index is 1260. The van der Waals surface area contributed by atoms with Gasteiger partial charge in [0.25, 0.3) is 0 Å². The van der Waals surface area contributed by atoms with Crippen LogP contribution in [0.25, 0.3) is 21.9 Å². The van der Waals surface area contributed by atoms with Crippen molar-refractivity contribution in [1.29, 1.82) is 0 Å². The molecule has 0 bridgehead atoms. The Morgan fingerprint density at radius 2 is 1.58 bits per heavy atom. The molecule has 0 saturated carbocycles. The minimum absolute atomic E-state index is 0.693. The molecule has 31 heavy (non-hydrogen) atoms. The first-order valence-electron chi connectivity index (χ1n) is 10.5. The summed E-state index contributed by atoms with van der Waals surface area (Å²) in [7, 11) is 3.29. The standard InChI is InChI=1S/C24H27N5O2/c1-15-5-6-16(2)19(11-15)28-7-9-29(10-8-28)24-23-22(25-14-26-24)17-12-20(30-3)21(31-4)13-18(17)27-23/h5-6,11-14,27H,7-10H2,1-4H3. The van der Waals surface area contributed by atoms with Crippen LogP contribution in [0.2, 0.25) is 0 Å². The number of anilines is 2. The smallest absolute Gasteiger partial charge is 0.162 e. The van der Waals surface area contributed by atoms with E-state index in [1.807, 2.05) is 12.1 Å². The van der Waals surface area contributed by atoms with Crippen molar-refractivity contribution in [2.45, 2.75) is 13.8 Å². The number of hydrogen-bond acceptors (Lipinski definition) is 6. The monoisotopic (exact) mass is 417 g/mol. The quantitative estimate of drug-likeness (QED) is 0.540. The maximum Gasteiger partial charge on any atom is 0.162 e. The number of H-pyrrole nitrogens is 1. The van der Waals surface area contributed by atoms with Crippen molar-refractivity contribution in [2.24, 2.45) is 0 Å². The molecule has 0 aliphatic carbocycles. The van der Waals surface area contributed by atoms with E-state index in [0.29, 0.717) is 11.5 Å². The van der Waals surface area contributed by atoms with Crippen molar-refractivity contribution in [1.82, 2.24) is 15.0 Å². The Morgan fingerprint density at radius 1 is 0.871 bits per heavy atom. The molecule has 0 radical (unpaired) electrons. The van der Waals surface area contributed by atoms with Gasteiger partial charge < -0.3 is 24.3 Å². The second kappa shape index (κ2) is 7.65. The molecule has 3 heterocycles. The van der Waals surface area contributed by atoms with Gasteiger partial charge in [-0.25, -0.2) is 9.97 Å². The van der Waals surface area contributed by atoms with Crippen LogP contribution >= 0.6 is 0 Å². The summed E-state index contributed by atoms with van der Waals surface area (Å²) in [4.78, 5) is 17.5. The summed E-state index contributed by atoms with van der Waals surface area (Å²) in [5.41, 5.74) is 6.76. The lowest BCUT2D eigenvalue weighted by molar-refractivity contribution is 0.356. The lowest BCUT2D eigenvalue weighted by Gasteiger charge is -2.37. The Balaban J connectivity index is 1.48. The fourth-order valence-electron chi connectivity index (χ4n) is 4.47. The van der Waals surface area contributed by atoms with E-state index >= 15 is 0 Å². The van der Waals surface area contributed by atoms with Crippen molar-refractivity contribution in [3.05, 3.63) is 47.8 Å². The van der Waals surface area contributed by atoms with E-state index in [0.717, 1.165) is 53.9 Å². The molecule has 2 aromatic heterocycles. The van der Waals surface area contributed by atoms with Gasteiger partial charge in [-0.05, 0) is 37.1 Å². The van der Waals surface area contributed by atoms with Crippen molar-refractivity contribution in [3.8, 4) is 11.5 Å². The minimum atomic E-state index is 0.693. The molecule has 1 fully saturated rings. The van der Waals surface area contributed by atoms with E-state index in [1.54, 1.807) is 20.5 Å². The number of aromatic nitrogens is 3. The predicted octanol–water partition coefficient (Wildman–Crippen LogP) is 4.07. The van der Waals surface area contributed by atoms with Crippen molar-refractivity contribution < 1.29 is 9.47 Å². The number of ether oxygens (including phenoxy) is 2.